The minimum Gasteiger partial charge on any atom is -0.455 e. The summed E-state index contributed by atoms with van der Waals surface area (Å²) in [4.78, 5) is 2.42. The van der Waals surface area contributed by atoms with Crippen LogP contribution in [0.5, 0.6) is 0 Å². The standard InChI is InChI=1S/C54H35NO2S/c1-3-14-34(15-4-1)38-19-9-22-43-44-23-10-20-39(51(44)57-50(38)43)36-30-32-37(33-31-36)55(47-27-12-24-42-41-18-7-8-29-49(41)56-52(42)47)48-28-13-26-46-45-25-11-21-40(53(45)58-54(46)48)35-16-5-2-6-17-35/h1-30,32-33,36H,31H2. The predicted molar refractivity (Wildman–Crippen MR) is 244 cm³/mol. The molecule has 8 aromatic carbocycles. The summed E-state index contributed by atoms with van der Waals surface area (Å²) in [6.07, 6.45) is 7.87. The molecule has 0 aliphatic heterocycles. The molecule has 1 atom stereocenters. The number of furan rings is 2. The Kier molecular flexibility index (Phi) is 7.54. The number of thiophene rings is 1. The highest BCUT2D eigenvalue weighted by molar-refractivity contribution is 7.27. The van der Waals surface area contributed by atoms with Crippen molar-refractivity contribution in [2.45, 2.75) is 12.3 Å². The summed E-state index contributed by atoms with van der Waals surface area (Å²) in [6, 6.07) is 62.6. The molecular weight excluding hydrogens is 727 g/mol. The highest BCUT2D eigenvalue weighted by Gasteiger charge is 2.26. The maximum atomic E-state index is 6.85. The molecule has 3 nitrogen and oxygen atoms in total. The molecule has 0 N–H and O–H groups in total. The van der Waals surface area contributed by atoms with Gasteiger partial charge in [0.15, 0.2) is 5.58 Å². The van der Waals surface area contributed by atoms with Crippen LogP contribution in [0.25, 0.3) is 86.3 Å². The van der Waals surface area contributed by atoms with Crippen molar-refractivity contribution in [3.63, 3.8) is 0 Å². The molecule has 3 heterocycles. The van der Waals surface area contributed by atoms with Crippen molar-refractivity contribution in [3.8, 4) is 22.3 Å². The molecule has 0 bridgehead atoms. The van der Waals surface area contributed by atoms with Gasteiger partial charge >= 0.3 is 0 Å². The van der Waals surface area contributed by atoms with Crippen LogP contribution < -0.4 is 4.90 Å². The summed E-state index contributed by atoms with van der Waals surface area (Å²) in [7, 11) is 0. The average Bonchev–Trinajstić information content (AvgIpc) is 4.00. The van der Waals surface area contributed by atoms with Gasteiger partial charge in [0.25, 0.3) is 0 Å². The molecule has 0 amide bonds. The highest BCUT2D eigenvalue weighted by Crippen LogP contribution is 2.49. The van der Waals surface area contributed by atoms with Crippen molar-refractivity contribution in [2.75, 3.05) is 4.90 Å². The maximum Gasteiger partial charge on any atom is 0.159 e. The van der Waals surface area contributed by atoms with E-state index >= 15 is 0 Å². The Morgan fingerprint density at radius 1 is 0.448 bits per heavy atom. The molecule has 58 heavy (non-hydrogen) atoms. The lowest BCUT2D eigenvalue weighted by molar-refractivity contribution is 0.658. The first-order valence-corrected chi connectivity index (χ1v) is 20.7. The van der Waals surface area contributed by atoms with Crippen LogP contribution in [0.15, 0.2) is 209 Å². The number of benzene rings is 8. The van der Waals surface area contributed by atoms with Crippen LogP contribution in [0.1, 0.15) is 17.9 Å². The molecule has 0 saturated heterocycles. The van der Waals surface area contributed by atoms with Gasteiger partial charge in [0.05, 0.1) is 16.1 Å². The molecule has 274 valence electrons. The molecule has 1 aliphatic rings. The second-order valence-corrected chi connectivity index (χ2v) is 16.1. The first-order valence-electron chi connectivity index (χ1n) is 19.9. The van der Waals surface area contributed by atoms with Crippen LogP contribution in [-0.4, -0.2) is 0 Å². The van der Waals surface area contributed by atoms with Crippen molar-refractivity contribution >= 4 is 86.8 Å². The summed E-state index contributed by atoms with van der Waals surface area (Å²) in [5, 5.41) is 7.05. The quantitative estimate of drug-likeness (QED) is 0.169. The van der Waals surface area contributed by atoms with Gasteiger partial charge in [0.1, 0.15) is 16.7 Å². The number of hydrogen-bond acceptors (Lipinski definition) is 4. The van der Waals surface area contributed by atoms with E-state index in [1.807, 2.05) is 17.4 Å². The van der Waals surface area contributed by atoms with Gasteiger partial charge < -0.3 is 13.7 Å². The number of anilines is 2. The molecule has 0 radical (unpaired) electrons. The van der Waals surface area contributed by atoms with Crippen molar-refractivity contribution in [2.24, 2.45) is 0 Å². The lowest BCUT2D eigenvalue weighted by Gasteiger charge is -2.29. The van der Waals surface area contributed by atoms with Crippen molar-refractivity contribution in [1.82, 2.24) is 0 Å². The van der Waals surface area contributed by atoms with Gasteiger partial charge in [-0.25, -0.2) is 0 Å². The van der Waals surface area contributed by atoms with E-state index in [0.717, 1.165) is 78.5 Å². The number of rotatable bonds is 6. The van der Waals surface area contributed by atoms with Crippen molar-refractivity contribution < 1.29 is 8.83 Å². The second kappa shape index (κ2) is 13.2. The summed E-state index contributed by atoms with van der Waals surface area (Å²) < 4.78 is 16.1. The van der Waals surface area contributed by atoms with E-state index in [4.69, 9.17) is 8.83 Å². The fourth-order valence-electron chi connectivity index (χ4n) is 9.13. The molecule has 0 spiro atoms. The molecule has 1 aliphatic carbocycles. The summed E-state index contributed by atoms with van der Waals surface area (Å²) in [5.41, 5.74) is 12.9. The first-order chi connectivity index (χ1) is 28.8. The minimum absolute atomic E-state index is 0.144. The maximum absolute atomic E-state index is 6.85. The van der Waals surface area contributed by atoms with Crippen LogP contribution in [0.2, 0.25) is 0 Å². The third kappa shape index (κ3) is 5.12. The fourth-order valence-corrected chi connectivity index (χ4v) is 10.5. The fraction of sp³-hybridized carbons (Fsp3) is 0.0370. The third-order valence-corrected chi connectivity index (χ3v) is 13.1. The number of hydrogen-bond donors (Lipinski definition) is 0. The topological polar surface area (TPSA) is 29.5 Å². The molecule has 0 fully saturated rings. The minimum atomic E-state index is 0.144. The SMILES string of the molecule is C1=CC(c2cccc3c2oc2c(-c4ccccc4)cccc23)CC=C1N(c1cccc2c1oc1ccccc12)c1cccc2c1sc1c(-c3ccccc3)cccc12. The second-order valence-electron chi connectivity index (χ2n) is 15.1. The lowest BCUT2D eigenvalue weighted by Crippen LogP contribution is -2.17. The number of fused-ring (bicyclic) bond motifs is 9. The number of para-hydroxylation sites is 4. The average molecular weight is 762 g/mol. The Morgan fingerprint density at radius 2 is 1.03 bits per heavy atom. The Labute approximate surface area is 339 Å². The van der Waals surface area contributed by atoms with Gasteiger partial charge in [-0.3, -0.25) is 0 Å². The number of allylic oxidation sites excluding steroid dienone is 3. The van der Waals surface area contributed by atoms with Gasteiger partial charge in [0.2, 0.25) is 0 Å². The van der Waals surface area contributed by atoms with E-state index in [9.17, 15) is 0 Å². The Morgan fingerprint density at radius 3 is 1.79 bits per heavy atom. The Hall–Kier alpha value is -7.14. The Bertz CT molecular complexity index is 3440. The molecular formula is C54H35NO2S. The van der Waals surface area contributed by atoms with E-state index in [2.05, 4.69) is 193 Å². The van der Waals surface area contributed by atoms with Gasteiger partial charge in [-0.15, -0.1) is 11.3 Å². The van der Waals surface area contributed by atoms with Crippen LogP contribution >= 0.6 is 11.3 Å². The summed E-state index contributed by atoms with van der Waals surface area (Å²) in [5.74, 6) is 0.144. The summed E-state index contributed by atoms with van der Waals surface area (Å²) >= 11 is 1.87. The normalized spacial score (nSPS) is 14.3. The predicted octanol–water partition coefficient (Wildman–Crippen LogP) is 16.0. The zero-order valence-corrected chi connectivity index (χ0v) is 32.2. The van der Waals surface area contributed by atoms with Gasteiger partial charge in [-0.2, -0.15) is 0 Å². The molecule has 3 aromatic heterocycles. The van der Waals surface area contributed by atoms with Crippen molar-refractivity contribution in [1.29, 1.82) is 0 Å². The van der Waals surface area contributed by atoms with E-state index in [1.165, 1.54) is 36.9 Å². The third-order valence-electron chi connectivity index (χ3n) is 11.8. The molecule has 11 aromatic rings. The van der Waals surface area contributed by atoms with Crippen LogP contribution in [0.4, 0.5) is 11.4 Å². The lowest BCUT2D eigenvalue weighted by atomic mass is 9.90. The largest absolute Gasteiger partial charge is 0.455 e. The molecule has 0 saturated carbocycles. The molecule has 4 heteroatoms. The summed E-state index contributed by atoms with van der Waals surface area (Å²) in [6.45, 7) is 0. The Balaban J connectivity index is 1.02. The number of nitrogens with zero attached hydrogens (tertiary/aromatic N) is 1. The van der Waals surface area contributed by atoms with Gasteiger partial charge in [-0.1, -0.05) is 170 Å². The van der Waals surface area contributed by atoms with E-state index in [1.54, 1.807) is 0 Å². The van der Waals surface area contributed by atoms with Gasteiger partial charge in [0, 0.05) is 59.8 Å². The van der Waals surface area contributed by atoms with Crippen LogP contribution in [0, 0.1) is 0 Å². The van der Waals surface area contributed by atoms with E-state index in [0.29, 0.717) is 0 Å². The molecule has 12 rings (SSSR count). The van der Waals surface area contributed by atoms with Crippen molar-refractivity contribution in [3.05, 3.63) is 205 Å². The van der Waals surface area contributed by atoms with Crippen LogP contribution in [0.3, 0.4) is 0 Å². The smallest absolute Gasteiger partial charge is 0.159 e. The first kappa shape index (κ1) is 33.0. The van der Waals surface area contributed by atoms with E-state index < -0.39 is 0 Å². The van der Waals surface area contributed by atoms with E-state index in [-0.39, 0.29) is 5.92 Å². The molecule has 1 unspecified atom stereocenters. The highest BCUT2D eigenvalue weighted by atomic mass is 32.1. The zero-order chi connectivity index (χ0) is 38.2. The van der Waals surface area contributed by atoms with Gasteiger partial charge in [-0.05, 0) is 47.4 Å². The monoisotopic (exact) mass is 761 g/mol. The van der Waals surface area contributed by atoms with Crippen LogP contribution in [-0.2, 0) is 0 Å². The zero-order valence-electron chi connectivity index (χ0n) is 31.4.